The van der Waals surface area contributed by atoms with Crippen molar-refractivity contribution in [1.82, 2.24) is 24.6 Å². The third-order valence-electron chi connectivity index (χ3n) is 7.09. The van der Waals surface area contributed by atoms with Gasteiger partial charge in [0, 0.05) is 12.8 Å². The van der Waals surface area contributed by atoms with Crippen molar-refractivity contribution >= 4 is 42.6 Å². The van der Waals surface area contributed by atoms with Gasteiger partial charge >= 0.3 is 25.7 Å². The Balaban J connectivity index is 1.70. The highest BCUT2D eigenvalue weighted by Crippen LogP contribution is 2.48. The summed E-state index contributed by atoms with van der Waals surface area (Å²) < 4.78 is 51.2. The number of carbonyl (C=O) groups excluding carboxylic acids is 3. The fourth-order valence-corrected chi connectivity index (χ4v) is 6.43. The summed E-state index contributed by atoms with van der Waals surface area (Å²) in [5.41, 5.74) is 6.23. The number of imidazole rings is 1. The summed E-state index contributed by atoms with van der Waals surface area (Å²) in [5.74, 6) is -1.59. The molecular formula is C31H43N6O10P. The Labute approximate surface area is 278 Å². The molecule has 0 aliphatic carbocycles. The number of nitrogens with one attached hydrogen (secondary N) is 1. The van der Waals surface area contributed by atoms with Crippen LogP contribution in [0.4, 0.5) is 5.82 Å². The highest BCUT2D eigenvalue weighted by atomic mass is 31.2. The standard InChI is InChI=1S/C31H43N6O10P/c1-8-21(38)43-25-24(45-29(26(25)44-22(39)9-2)37-17-35-23-27(32)33-16-34-28(23)37)19(4)46-48(41,47-20-13-11-10-12-14-20)36-18(3)30(40)42-15-31(5,6)7/h10-14,16-19,24-26,29H,8-9,15H2,1-7H3,(H,36,41)(H2,32,33,34)/t18?,19?,24-,25-,26-,29-,48?/m1/s1. The molecule has 0 amide bonds. The third kappa shape index (κ3) is 9.07. The highest BCUT2D eigenvalue weighted by Gasteiger charge is 2.54. The molecule has 1 saturated heterocycles. The normalized spacial score (nSPS) is 22.0. The zero-order chi connectivity index (χ0) is 35.2. The van der Waals surface area contributed by atoms with Gasteiger partial charge in [0.1, 0.15) is 29.7 Å². The number of carbonyl (C=O) groups is 3. The number of hydrogen-bond acceptors (Lipinski definition) is 14. The summed E-state index contributed by atoms with van der Waals surface area (Å²) in [5, 5.41) is 2.66. The van der Waals surface area contributed by atoms with E-state index in [1.807, 2.05) is 20.8 Å². The second-order valence-electron chi connectivity index (χ2n) is 12.4. The van der Waals surface area contributed by atoms with Crippen molar-refractivity contribution in [3.63, 3.8) is 0 Å². The van der Waals surface area contributed by atoms with Crippen LogP contribution >= 0.6 is 7.75 Å². The Morgan fingerprint density at radius 1 is 1.02 bits per heavy atom. The fourth-order valence-electron chi connectivity index (χ4n) is 4.73. The van der Waals surface area contributed by atoms with Crippen LogP contribution in [0.3, 0.4) is 0 Å². The molecule has 16 nitrogen and oxygen atoms in total. The molecule has 3 N–H and O–H groups in total. The SMILES string of the molecule is CCC(=O)O[C@@H]1[C@H](OC(=O)CC)[C@@H](C(C)OP(=O)(NC(C)C(=O)OCC(C)(C)C)Oc2ccccc2)O[C@H]1n1cnc2c(N)ncnc21. The molecule has 0 bridgehead atoms. The average Bonchev–Trinajstić information content (AvgIpc) is 3.61. The van der Waals surface area contributed by atoms with E-state index >= 15 is 0 Å². The fraction of sp³-hybridized carbons (Fsp3) is 0.548. The predicted molar refractivity (Wildman–Crippen MR) is 172 cm³/mol. The number of esters is 3. The van der Waals surface area contributed by atoms with Gasteiger partial charge in [-0.25, -0.2) is 19.5 Å². The topological polar surface area (TPSA) is 205 Å². The molecule has 4 rings (SSSR count). The number of anilines is 1. The molecule has 48 heavy (non-hydrogen) atoms. The van der Waals surface area contributed by atoms with Crippen LogP contribution in [0.1, 0.15) is 67.5 Å². The summed E-state index contributed by atoms with van der Waals surface area (Å²) in [4.78, 5) is 50.8. The number of aromatic nitrogens is 4. The Kier molecular flexibility index (Phi) is 11.8. The summed E-state index contributed by atoms with van der Waals surface area (Å²) in [6, 6.07) is 7.10. The van der Waals surface area contributed by atoms with Crippen molar-refractivity contribution in [2.45, 2.75) is 98.0 Å². The first-order chi connectivity index (χ1) is 22.6. The van der Waals surface area contributed by atoms with Gasteiger partial charge < -0.3 is 29.2 Å². The average molecular weight is 691 g/mol. The van der Waals surface area contributed by atoms with E-state index in [9.17, 15) is 18.9 Å². The van der Waals surface area contributed by atoms with Crippen LogP contribution in [-0.2, 0) is 42.4 Å². The van der Waals surface area contributed by atoms with Crippen LogP contribution in [0.5, 0.6) is 5.75 Å². The maximum Gasteiger partial charge on any atom is 0.459 e. The quantitative estimate of drug-likeness (QED) is 0.139. The van der Waals surface area contributed by atoms with Crippen LogP contribution < -0.4 is 15.3 Å². The van der Waals surface area contributed by atoms with Crippen LogP contribution in [0.2, 0.25) is 0 Å². The Morgan fingerprint density at radius 3 is 2.29 bits per heavy atom. The molecule has 3 heterocycles. The molecule has 0 radical (unpaired) electrons. The summed E-state index contributed by atoms with van der Waals surface area (Å²) in [6.07, 6.45) is -3.31. The first kappa shape index (κ1) is 36.7. The minimum atomic E-state index is -4.41. The highest BCUT2D eigenvalue weighted by molar-refractivity contribution is 7.52. The van der Waals surface area contributed by atoms with Gasteiger partial charge in [0.05, 0.1) is 19.0 Å². The summed E-state index contributed by atoms with van der Waals surface area (Å²) in [6.45, 7) is 12.0. The van der Waals surface area contributed by atoms with Crippen molar-refractivity contribution in [3.05, 3.63) is 43.0 Å². The maximum atomic E-state index is 14.4. The molecule has 1 aliphatic heterocycles. The molecule has 3 unspecified atom stereocenters. The number of hydrogen-bond donors (Lipinski definition) is 2. The molecule has 1 fully saturated rings. The van der Waals surface area contributed by atoms with E-state index in [0.29, 0.717) is 0 Å². The van der Waals surface area contributed by atoms with Gasteiger partial charge in [-0.3, -0.25) is 23.5 Å². The number of para-hydroxylation sites is 1. The number of fused-ring (bicyclic) bond motifs is 1. The van der Waals surface area contributed by atoms with Gasteiger partial charge in [-0.2, -0.15) is 5.09 Å². The minimum absolute atomic E-state index is 0.000687. The molecule has 1 aliphatic rings. The van der Waals surface area contributed by atoms with Crippen molar-refractivity contribution in [2.75, 3.05) is 12.3 Å². The van der Waals surface area contributed by atoms with Gasteiger partial charge in [0.25, 0.3) is 0 Å². The third-order valence-corrected chi connectivity index (χ3v) is 8.85. The molecule has 0 saturated carbocycles. The number of benzene rings is 1. The van der Waals surface area contributed by atoms with E-state index in [2.05, 4.69) is 20.0 Å². The lowest BCUT2D eigenvalue weighted by Gasteiger charge is -2.30. The lowest BCUT2D eigenvalue weighted by Crippen LogP contribution is -2.44. The second-order valence-corrected chi connectivity index (χ2v) is 14.1. The lowest BCUT2D eigenvalue weighted by atomic mass is 9.99. The predicted octanol–water partition coefficient (Wildman–Crippen LogP) is 4.11. The van der Waals surface area contributed by atoms with E-state index in [0.717, 1.165) is 0 Å². The van der Waals surface area contributed by atoms with Crippen LogP contribution in [-0.4, -0.2) is 74.5 Å². The van der Waals surface area contributed by atoms with Crippen LogP contribution in [0.15, 0.2) is 43.0 Å². The number of nitrogen functional groups attached to an aromatic ring is 1. The lowest BCUT2D eigenvalue weighted by molar-refractivity contribution is -0.168. The Bertz CT molecular complexity index is 1630. The number of nitrogens with two attached hydrogens (primary N) is 1. The first-order valence-electron chi connectivity index (χ1n) is 15.6. The summed E-state index contributed by atoms with van der Waals surface area (Å²) >= 11 is 0. The number of nitrogens with zero attached hydrogens (tertiary/aromatic N) is 4. The molecule has 2 aromatic heterocycles. The number of rotatable bonds is 14. The van der Waals surface area contributed by atoms with E-state index in [1.54, 1.807) is 44.2 Å². The van der Waals surface area contributed by atoms with Gasteiger partial charge in [-0.15, -0.1) is 0 Å². The van der Waals surface area contributed by atoms with E-state index in [-0.39, 0.29) is 47.6 Å². The van der Waals surface area contributed by atoms with Crippen molar-refractivity contribution in [2.24, 2.45) is 5.41 Å². The Morgan fingerprint density at radius 2 is 1.67 bits per heavy atom. The molecule has 17 heteroatoms. The number of ether oxygens (including phenoxy) is 4. The zero-order valence-corrected chi connectivity index (χ0v) is 28.9. The van der Waals surface area contributed by atoms with Crippen molar-refractivity contribution in [3.8, 4) is 5.75 Å². The smallest absolute Gasteiger partial charge is 0.459 e. The van der Waals surface area contributed by atoms with Gasteiger partial charge in [-0.1, -0.05) is 52.8 Å². The van der Waals surface area contributed by atoms with Crippen molar-refractivity contribution in [1.29, 1.82) is 0 Å². The molecule has 0 spiro atoms. The van der Waals surface area contributed by atoms with E-state index in [1.165, 1.54) is 31.1 Å². The second kappa shape index (κ2) is 15.4. The first-order valence-corrected chi connectivity index (χ1v) is 17.1. The maximum absolute atomic E-state index is 14.4. The largest absolute Gasteiger partial charge is 0.464 e. The Hall–Kier alpha value is -4.11. The van der Waals surface area contributed by atoms with Gasteiger partial charge in [-0.05, 0) is 31.4 Å². The van der Waals surface area contributed by atoms with Crippen molar-refractivity contribution < 1.29 is 46.9 Å². The van der Waals surface area contributed by atoms with Gasteiger partial charge in [0.2, 0.25) is 0 Å². The monoisotopic (exact) mass is 690 g/mol. The van der Waals surface area contributed by atoms with E-state index in [4.69, 9.17) is 33.7 Å². The zero-order valence-electron chi connectivity index (χ0n) is 28.0. The molecule has 7 atom stereocenters. The molecule has 3 aromatic rings. The molecule has 1 aromatic carbocycles. The summed E-state index contributed by atoms with van der Waals surface area (Å²) in [7, 11) is -4.41. The molecular weight excluding hydrogens is 647 g/mol. The van der Waals surface area contributed by atoms with Gasteiger partial charge in [0.15, 0.2) is 29.9 Å². The van der Waals surface area contributed by atoms with Crippen LogP contribution in [0.25, 0.3) is 11.2 Å². The minimum Gasteiger partial charge on any atom is -0.464 e. The van der Waals surface area contributed by atoms with Crippen LogP contribution in [0, 0.1) is 5.41 Å². The molecule has 262 valence electrons. The van der Waals surface area contributed by atoms with E-state index < -0.39 is 62.3 Å².